The van der Waals surface area contributed by atoms with Crippen LogP contribution in [0.15, 0.2) is 36.4 Å². The fourth-order valence-electron chi connectivity index (χ4n) is 2.51. The standard InChI is InChI=1S/C18H6Cl6F3N/c19-7-3-9(15(23)12(21)5-7)14-2-1-11(18(25,26)27)17(28-14)10-4-8(20)6-13(22)16(10)24/h1-6H. The van der Waals surface area contributed by atoms with Gasteiger partial charge in [-0.2, -0.15) is 13.2 Å². The van der Waals surface area contributed by atoms with Crippen molar-refractivity contribution >= 4 is 69.6 Å². The van der Waals surface area contributed by atoms with Crippen molar-refractivity contribution in [3.8, 4) is 22.5 Å². The quantitative estimate of drug-likeness (QED) is 0.316. The van der Waals surface area contributed by atoms with Gasteiger partial charge in [0.1, 0.15) is 0 Å². The van der Waals surface area contributed by atoms with Crippen molar-refractivity contribution < 1.29 is 13.2 Å². The molecule has 0 spiro atoms. The van der Waals surface area contributed by atoms with E-state index in [0.29, 0.717) is 0 Å². The molecule has 1 aromatic heterocycles. The van der Waals surface area contributed by atoms with Gasteiger partial charge in [-0.15, -0.1) is 0 Å². The average molecular weight is 506 g/mol. The Morgan fingerprint density at radius 1 is 0.679 bits per heavy atom. The predicted octanol–water partition coefficient (Wildman–Crippen LogP) is 9.35. The van der Waals surface area contributed by atoms with Gasteiger partial charge in [0.05, 0.1) is 37.0 Å². The molecule has 0 N–H and O–H groups in total. The number of nitrogens with zero attached hydrogens (tertiary/aromatic N) is 1. The van der Waals surface area contributed by atoms with Crippen molar-refractivity contribution in [1.82, 2.24) is 4.98 Å². The molecule has 0 unspecified atom stereocenters. The Bertz CT molecular complexity index is 1080. The number of pyridine rings is 1. The summed E-state index contributed by atoms with van der Waals surface area (Å²) in [5.41, 5.74) is -1.16. The fourth-order valence-corrected chi connectivity index (χ4v) is 3.91. The van der Waals surface area contributed by atoms with Crippen molar-refractivity contribution in [2.45, 2.75) is 6.18 Å². The number of hydrogen-bond acceptors (Lipinski definition) is 1. The van der Waals surface area contributed by atoms with Gasteiger partial charge >= 0.3 is 6.18 Å². The molecule has 1 nitrogen and oxygen atoms in total. The largest absolute Gasteiger partial charge is 0.418 e. The van der Waals surface area contributed by atoms with Crippen molar-refractivity contribution in [3.05, 3.63) is 72.1 Å². The van der Waals surface area contributed by atoms with Gasteiger partial charge in [0, 0.05) is 21.2 Å². The highest BCUT2D eigenvalue weighted by atomic mass is 35.5. The summed E-state index contributed by atoms with van der Waals surface area (Å²) in [6.45, 7) is 0. The molecule has 3 rings (SSSR count). The summed E-state index contributed by atoms with van der Waals surface area (Å²) in [6, 6.07) is 7.47. The highest BCUT2D eigenvalue weighted by molar-refractivity contribution is 6.45. The zero-order valence-electron chi connectivity index (χ0n) is 13.3. The zero-order chi connectivity index (χ0) is 20.8. The van der Waals surface area contributed by atoms with Gasteiger partial charge in [0.25, 0.3) is 0 Å². The van der Waals surface area contributed by atoms with Crippen LogP contribution in [-0.4, -0.2) is 4.98 Å². The molecule has 0 aliphatic carbocycles. The molecule has 0 saturated heterocycles. The SMILES string of the molecule is FC(F)(F)c1ccc(-c2cc(Cl)cc(Cl)c2Cl)nc1-c1cc(Cl)cc(Cl)c1Cl. The van der Waals surface area contributed by atoms with Crippen LogP contribution in [0.1, 0.15) is 5.56 Å². The van der Waals surface area contributed by atoms with E-state index >= 15 is 0 Å². The minimum atomic E-state index is -4.70. The molecule has 1 heterocycles. The van der Waals surface area contributed by atoms with Crippen LogP contribution in [0.2, 0.25) is 30.1 Å². The minimum absolute atomic E-state index is 0.00618. The van der Waals surface area contributed by atoms with E-state index in [-0.39, 0.29) is 47.0 Å². The van der Waals surface area contributed by atoms with Gasteiger partial charge in [0.2, 0.25) is 0 Å². The molecule has 0 amide bonds. The first-order valence-corrected chi connectivity index (χ1v) is 9.64. The lowest BCUT2D eigenvalue weighted by molar-refractivity contribution is -0.137. The highest BCUT2D eigenvalue weighted by Crippen LogP contribution is 2.44. The van der Waals surface area contributed by atoms with Gasteiger partial charge < -0.3 is 0 Å². The van der Waals surface area contributed by atoms with E-state index in [1.165, 1.54) is 30.3 Å². The number of alkyl halides is 3. The summed E-state index contributed by atoms with van der Waals surface area (Å²) < 4.78 is 40.8. The first-order chi connectivity index (χ1) is 13.0. The number of hydrogen-bond donors (Lipinski definition) is 0. The first-order valence-electron chi connectivity index (χ1n) is 7.37. The van der Waals surface area contributed by atoms with E-state index in [0.717, 1.165) is 6.07 Å². The lowest BCUT2D eigenvalue weighted by Gasteiger charge is -2.16. The van der Waals surface area contributed by atoms with Gasteiger partial charge in [-0.3, -0.25) is 0 Å². The van der Waals surface area contributed by atoms with E-state index in [9.17, 15) is 13.2 Å². The van der Waals surface area contributed by atoms with E-state index in [1.54, 1.807) is 0 Å². The number of benzene rings is 2. The number of aromatic nitrogens is 1. The van der Waals surface area contributed by atoms with Crippen molar-refractivity contribution in [1.29, 1.82) is 0 Å². The van der Waals surface area contributed by atoms with Crippen LogP contribution in [0.5, 0.6) is 0 Å². The Morgan fingerprint density at radius 2 is 1.18 bits per heavy atom. The lowest BCUT2D eigenvalue weighted by Crippen LogP contribution is -2.09. The third-order valence-corrected chi connectivity index (χ3v) is 5.76. The molecule has 0 atom stereocenters. The van der Waals surface area contributed by atoms with Crippen molar-refractivity contribution in [2.75, 3.05) is 0 Å². The molecule has 0 fully saturated rings. The molecule has 0 bridgehead atoms. The molecule has 28 heavy (non-hydrogen) atoms. The summed E-state index contributed by atoms with van der Waals surface area (Å²) in [5, 5.41) is 0.463. The maximum atomic E-state index is 13.6. The fraction of sp³-hybridized carbons (Fsp3) is 0.0556. The zero-order valence-corrected chi connectivity index (χ0v) is 17.8. The van der Waals surface area contributed by atoms with Crippen LogP contribution in [0.4, 0.5) is 13.2 Å². The number of halogens is 9. The summed E-state index contributed by atoms with van der Waals surface area (Å²) in [6.07, 6.45) is -4.70. The molecule has 0 aliphatic rings. The maximum absolute atomic E-state index is 13.6. The Hall–Kier alpha value is -0.880. The molecule has 3 aromatic rings. The van der Waals surface area contributed by atoms with Gasteiger partial charge in [0.15, 0.2) is 0 Å². The highest BCUT2D eigenvalue weighted by Gasteiger charge is 2.35. The minimum Gasteiger partial charge on any atom is -0.247 e. The summed E-state index contributed by atoms with van der Waals surface area (Å²) in [7, 11) is 0. The summed E-state index contributed by atoms with van der Waals surface area (Å²) in [4.78, 5) is 4.14. The Kier molecular flexibility index (Phi) is 6.31. The first kappa shape index (κ1) is 21.8. The maximum Gasteiger partial charge on any atom is 0.418 e. The van der Waals surface area contributed by atoms with Gasteiger partial charge in [-0.05, 0) is 36.4 Å². The van der Waals surface area contributed by atoms with E-state index in [2.05, 4.69) is 4.98 Å². The second-order valence-electron chi connectivity index (χ2n) is 5.59. The molecule has 0 radical (unpaired) electrons. The van der Waals surface area contributed by atoms with Crippen molar-refractivity contribution in [2.24, 2.45) is 0 Å². The molecule has 0 aliphatic heterocycles. The second-order valence-corrected chi connectivity index (χ2v) is 8.03. The topological polar surface area (TPSA) is 12.9 Å². The van der Waals surface area contributed by atoms with Crippen LogP contribution < -0.4 is 0 Å². The molecule has 146 valence electrons. The van der Waals surface area contributed by atoms with E-state index in [1.807, 2.05) is 0 Å². The van der Waals surface area contributed by atoms with Crippen LogP contribution in [0.25, 0.3) is 22.5 Å². The monoisotopic (exact) mass is 503 g/mol. The molecular formula is C18H6Cl6F3N. The van der Waals surface area contributed by atoms with E-state index in [4.69, 9.17) is 69.6 Å². The second kappa shape index (κ2) is 8.10. The summed E-state index contributed by atoms with van der Waals surface area (Å²) >= 11 is 36.3. The predicted molar refractivity (Wildman–Crippen MR) is 110 cm³/mol. The third-order valence-electron chi connectivity index (χ3n) is 3.72. The Morgan fingerprint density at radius 3 is 1.71 bits per heavy atom. The van der Waals surface area contributed by atoms with E-state index < -0.39 is 17.4 Å². The van der Waals surface area contributed by atoms with Crippen LogP contribution in [-0.2, 0) is 6.18 Å². The van der Waals surface area contributed by atoms with Crippen LogP contribution >= 0.6 is 69.6 Å². The van der Waals surface area contributed by atoms with Crippen molar-refractivity contribution in [3.63, 3.8) is 0 Å². The molecular weight excluding hydrogens is 500 g/mol. The Balaban J connectivity index is 2.35. The van der Waals surface area contributed by atoms with Gasteiger partial charge in [-0.25, -0.2) is 4.98 Å². The number of rotatable bonds is 2. The van der Waals surface area contributed by atoms with Gasteiger partial charge in [-0.1, -0.05) is 69.6 Å². The summed E-state index contributed by atoms with van der Waals surface area (Å²) in [5.74, 6) is 0. The molecule has 2 aromatic carbocycles. The van der Waals surface area contributed by atoms with Crippen LogP contribution in [0, 0.1) is 0 Å². The third kappa shape index (κ3) is 4.33. The normalized spacial score (nSPS) is 11.8. The Labute approximate surface area is 187 Å². The molecule has 0 saturated carbocycles. The average Bonchev–Trinajstić information content (AvgIpc) is 2.60. The molecule has 10 heteroatoms. The lowest BCUT2D eigenvalue weighted by atomic mass is 10.0. The van der Waals surface area contributed by atoms with Crippen LogP contribution in [0.3, 0.4) is 0 Å². The smallest absolute Gasteiger partial charge is 0.247 e.